The summed E-state index contributed by atoms with van der Waals surface area (Å²) in [6.07, 6.45) is 12.8. The second kappa shape index (κ2) is 5.96. The quantitative estimate of drug-likeness (QED) is 0.579. The van der Waals surface area contributed by atoms with E-state index in [0.29, 0.717) is 42.9 Å². The molecule has 0 radical (unpaired) electrons. The molecule has 0 aromatic heterocycles. The summed E-state index contributed by atoms with van der Waals surface area (Å²) in [4.78, 5) is 23.6. The van der Waals surface area contributed by atoms with Crippen molar-refractivity contribution in [3.63, 3.8) is 0 Å². The van der Waals surface area contributed by atoms with Crippen LogP contribution >= 0.6 is 0 Å². The first kappa shape index (κ1) is 17.8. The second-order valence-corrected chi connectivity index (χ2v) is 9.00. The normalized spacial score (nSPS) is 47.1. The van der Waals surface area contributed by atoms with Gasteiger partial charge in [0.2, 0.25) is 0 Å². The van der Waals surface area contributed by atoms with E-state index in [4.69, 9.17) is 11.2 Å². The minimum Gasteiger partial charge on any atom is -0.445 e. The summed E-state index contributed by atoms with van der Waals surface area (Å²) in [5, 5.41) is 10.8. The maximum Gasteiger partial charge on any atom is 0.304 e. The summed E-state index contributed by atoms with van der Waals surface area (Å²) in [5.41, 5.74) is -0.0924. The number of aliphatic hydroxyl groups excluding tert-OH is 1. The van der Waals surface area contributed by atoms with Gasteiger partial charge in [0.1, 0.15) is 0 Å². The second-order valence-electron chi connectivity index (χ2n) is 9.00. The number of hydrogen-bond donors (Lipinski definition) is 1. The van der Waals surface area contributed by atoms with Crippen molar-refractivity contribution in [2.24, 2.45) is 29.1 Å². The number of fused-ring (bicyclic) bond motifs is 5. The van der Waals surface area contributed by atoms with E-state index in [9.17, 15) is 14.7 Å². The molecule has 0 aromatic carbocycles. The summed E-state index contributed by atoms with van der Waals surface area (Å²) in [6, 6.07) is 0. The molecule has 4 aliphatic carbocycles. The van der Waals surface area contributed by atoms with E-state index in [-0.39, 0.29) is 17.2 Å². The van der Waals surface area contributed by atoms with Crippen LogP contribution in [0.2, 0.25) is 0 Å². The van der Waals surface area contributed by atoms with Crippen LogP contribution in [0.4, 0.5) is 0 Å². The number of hydrogen-bond acceptors (Lipinski definition) is 4. The van der Waals surface area contributed by atoms with Gasteiger partial charge in [-0.3, -0.25) is 9.59 Å². The van der Waals surface area contributed by atoms with Gasteiger partial charge < -0.3 is 9.84 Å². The molecule has 0 heterocycles. The van der Waals surface area contributed by atoms with Gasteiger partial charge in [-0.25, -0.2) is 0 Å². The zero-order chi connectivity index (χ0) is 18.7. The van der Waals surface area contributed by atoms with Gasteiger partial charge in [-0.2, -0.15) is 0 Å². The molecule has 0 saturated heterocycles. The molecule has 4 rings (SSSR count). The SMILES string of the molecule is C#C[C@]1(OC(C)=O)CC[C@@H]2[C@@H]3C[C@@H](O)C4=CC(=O)CC[C@@H]4[C@@H]3CC[C@@]21C. The third-order valence-electron chi connectivity index (χ3n) is 8.02. The van der Waals surface area contributed by atoms with Gasteiger partial charge in [0.25, 0.3) is 0 Å². The fourth-order valence-corrected chi connectivity index (χ4v) is 6.86. The monoisotopic (exact) mass is 356 g/mol. The lowest BCUT2D eigenvalue weighted by atomic mass is 9.50. The van der Waals surface area contributed by atoms with Crippen LogP contribution in [0.1, 0.15) is 58.8 Å². The van der Waals surface area contributed by atoms with Gasteiger partial charge >= 0.3 is 5.97 Å². The van der Waals surface area contributed by atoms with E-state index in [1.165, 1.54) is 6.92 Å². The average molecular weight is 356 g/mol. The van der Waals surface area contributed by atoms with Crippen molar-refractivity contribution in [2.45, 2.75) is 70.5 Å². The summed E-state index contributed by atoms with van der Waals surface area (Å²) in [7, 11) is 0. The molecule has 0 aliphatic heterocycles. The Kier molecular flexibility index (Phi) is 4.08. The van der Waals surface area contributed by atoms with Crippen molar-refractivity contribution in [3.8, 4) is 12.3 Å². The number of terminal acetylenes is 1. The molecule has 3 fully saturated rings. The molecule has 4 aliphatic rings. The van der Waals surface area contributed by atoms with E-state index in [2.05, 4.69) is 12.8 Å². The molecular weight excluding hydrogens is 328 g/mol. The number of ketones is 1. The summed E-state index contributed by atoms with van der Waals surface area (Å²) in [6.45, 7) is 3.62. The van der Waals surface area contributed by atoms with Gasteiger partial charge in [0.15, 0.2) is 11.4 Å². The maximum absolute atomic E-state index is 11.8. The molecule has 0 amide bonds. The Balaban J connectivity index is 1.68. The van der Waals surface area contributed by atoms with E-state index < -0.39 is 11.7 Å². The number of aliphatic hydroxyl groups is 1. The van der Waals surface area contributed by atoms with Gasteiger partial charge in [-0.05, 0) is 73.8 Å². The highest BCUT2D eigenvalue weighted by Gasteiger charge is 2.64. The van der Waals surface area contributed by atoms with Crippen molar-refractivity contribution in [1.29, 1.82) is 0 Å². The Morgan fingerprint density at radius 2 is 2.08 bits per heavy atom. The molecular formula is C22H28O4. The van der Waals surface area contributed by atoms with E-state index in [0.717, 1.165) is 31.3 Å². The third-order valence-corrected chi connectivity index (χ3v) is 8.02. The standard InChI is InChI=1S/C22H28O4/c1-4-22(26-13(2)23)10-8-19-17-12-20(25)18-11-14(24)5-6-15(18)16(17)7-9-21(19,22)3/h1,11,15-17,19-20,25H,5-10,12H2,2-3H3/t15-,16+,17-,19-,20-,21+,22+/m1/s1. The number of ether oxygens (including phenoxy) is 1. The van der Waals surface area contributed by atoms with E-state index in [1.807, 2.05) is 0 Å². The molecule has 140 valence electrons. The summed E-state index contributed by atoms with van der Waals surface area (Å²) in [5.74, 6) is 4.25. The van der Waals surface area contributed by atoms with E-state index >= 15 is 0 Å². The summed E-state index contributed by atoms with van der Waals surface area (Å²) >= 11 is 0. The molecule has 4 nitrogen and oxygen atoms in total. The highest BCUT2D eigenvalue weighted by atomic mass is 16.6. The number of esters is 1. The van der Waals surface area contributed by atoms with Crippen molar-refractivity contribution < 1.29 is 19.4 Å². The van der Waals surface area contributed by atoms with Crippen molar-refractivity contribution >= 4 is 11.8 Å². The smallest absolute Gasteiger partial charge is 0.304 e. The minimum atomic E-state index is -0.821. The number of carbonyl (C=O) groups is 2. The fourth-order valence-electron chi connectivity index (χ4n) is 6.86. The zero-order valence-corrected chi connectivity index (χ0v) is 15.7. The summed E-state index contributed by atoms with van der Waals surface area (Å²) < 4.78 is 5.75. The molecule has 26 heavy (non-hydrogen) atoms. The lowest BCUT2D eigenvalue weighted by Gasteiger charge is -2.56. The Labute approximate surface area is 155 Å². The van der Waals surface area contributed by atoms with Crippen LogP contribution in [-0.2, 0) is 14.3 Å². The molecule has 7 atom stereocenters. The molecule has 0 aromatic rings. The van der Waals surface area contributed by atoms with Crippen LogP contribution < -0.4 is 0 Å². The largest absolute Gasteiger partial charge is 0.445 e. The van der Waals surface area contributed by atoms with Crippen molar-refractivity contribution in [3.05, 3.63) is 11.6 Å². The van der Waals surface area contributed by atoms with Gasteiger partial charge in [-0.1, -0.05) is 12.8 Å². The first-order chi connectivity index (χ1) is 12.3. The van der Waals surface area contributed by atoms with Crippen LogP contribution in [0.3, 0.4) is 0 Å². The Hall–Kier alpha value is -1.60. The predicted molar refractivity (Wildman–Crippen MR) is 96.8 cm³/mol. The van der Waals surface area contributed by atoms with Crippen LogP contribution in [0.15, 0.2) is 11.6 Å². The van der Waals surface area contributed by atoms with Gasteiger partial charge in [-0.15, -0.1) is 6.42 Å². The van der Waals surface area contributed by atoms with E-state index in [1.54, 1.807) is 6.08 Å². The molecule has 4 heteroatoms. The highest BCUT2D eigenvalue weighted by Crippen LogP contribution is 2.65. The first-order valence-electron chi connectivity index (χ1n) is 9.91. The lowest BCUT2D eigenvalue weighted by molar-refractivity contribution is -0.168. The fraction of sp³-hybridized carbons (Fsp3) is 0.727. The van der Waals surface area contributed by atoms with Crippen LogP contribution in [0.25, 0.3) is 0 Å². The predicted octanol–water partition coefficient (Wildman–Crippen LogP) is 3.03. The Bertz CT molecular complexity index is 716. The topological polar surface area (TPSA) is 63.6 Å². The highest BCUT2D eigenvalue weighted by molar-refractivity contribution is 5.91. The Morgan fingerprint density at radius 1 is 1.31 bits per heavy atom. The minimum absolute atomic E-state index is 0.150. The van der Waals surface area contributed by atoms with Gasteiger partial charge in [0, 0.05) is 18.8 Å². The van der Waals surface area contributed by atoms with Gasteiger partial charge in [0.05, 0.1) is 6.10 Å². The van der Waals surface area contributed by atoms with Crippen molar-refractivity contribution in [1.82, 2.24) is 0 Å². The molecule has 1 N–H and O–H groups in total. The molecule has 0 bridgehead atoms. The molecule has 0 unspecified atom stereocenters. The zero-order valence-electron chi connectivity index (χ0n) is 15.7. The average Bonchev–Trinajstić information content (AvgIpc) is 2.88. The van der Waals surface area contributed by atoms with Crippen LogP contribution in [-0.4, -0.2) is 28.6 Å². The first-order valence-corrected chi connectivity index (χ1v) is 9.91. The van der Waals surface area contributed by atoms with Crippen LogP contribution in [0.5, 0.6) is 0 Å². The van der Waals surface area contributed by atoms with Crippen molar-refractivity contribution in [2.75, 3.05) is 0 Å². The molecule has 3 saturated carbocycles. The lowest BCUT2D eigenvalue weighted by Crippen LogP contribution is -2.55. The molecule has 0 spiro atoms. The third kappa shape index (κ3) is 2.33. The number of carbonyl (C=O) groups excluding carboxylic acids is 2. The Morgan fingerprint density at radius 3 is 2.77 bits per heavy atom. The van der Waals surface area contributed by atoms with Crippen LogP contribution in [0, 0.1) is 41.4 Å². The maximum atomic E-state index is 11.8. The number of rotatable bonds is 1.